The molecular formula is C59H35NO2. The number of furan rings is 2. The average molecular weight is 790 g/mol. The zero-order valence-corrected chi connectivity index (χ0v) is 34.0. The fourth-order valence-corrected chi connectivity index (χ4v) is 11.4. The van der Waals surface area contributed by atoms with Crippen molar-refractivity contribution >= 4 is 104 Å². The Kier molecular flexibility index (Phi) is 5.99. The molecule has 0 saturated carbocycles. The topological polar surface area (TPSA) is 30.7 Å². The molecule has 4 heterocycles. The van der Waals surface area contributed by atoms with Crippen LogP contribution in [0.3, 0.4) is 0 Å². The van der Waals surface area contributed by atoms with Crippen molar-refractivity contribution in [3.63, 3.8) is 0 Å². The van der Waals surface area contributed by atoms with Gasteiger partial charge in [-0.05, 0) is 145 Å². The highest BCUT2D eigenvalue weighted by Gasteiger charge is 2.38. The summed E-state index contributed by atoms with van der Waals surface area (Å²) in [4.78, 5) is 0. The van der Waals surface area contributed by atoms with Gasteiger partial charge in [-0.2, -0.15) is 0 Å². The summed E-state index contributed by atoms with van der Waals surface area (Å²) in [5.74, 6) is 0. The number of hydrogen-bond donors (Lipinski definition) is 0. The Morgan fingerprint density at radius 3 is 1.53 bits per heavy atom. The van der Waals surface area contributed by atoms with Gasteiger partial charge in [-0.25, -0.2) is 0 Å². The predicted octanol–water partition coefficient (Wildman–Crippen LogP) is 16.6. The summed E-state index contributed by atoms with van der Waals surface area (Å²) in [6.07, 6.45) is 0. The Morgan fingerprint density at radius 2 is 0.887 bits per heavy atom. The first-order valence-electron chi connectivity index (χ1n) is 21.6. The van der Waals surface area contributed by atoms with Crippen LogP contribution in [0.2, 0.25) is 0 Å². The van der Waals surface area contributed by atoms with Crippen LogP contribution in [0, 0.1) is 0 Å². The van der Waals surface area contributed by atoms with E-state index >= 15 is 0 Å². The molecule has 0 unspecified atom stereocenters. The molecule has 14 aromatic rings. The third-order valence-corrected chi connectivity index (χ3v) is 14.4. The molecule has 1 aliphatic rings. The van der Waals surface area contributed by atoms with Crippen LogP contribution in [0.5, 0.6) is 0 Å². The van der Waals surface area contributed by atoms with Gasteiger partial charge in [0.2, 0.25) is 0 Å². The molecule has 288 valence electrons. The maximum Gasteiger partial charge on any atom is 0.135 e. The van der Waals surface area contributed by atoms with E-state index in [9.17, 15) is 0 Å². The van der Waals surface area contributed by atoms with Crippen LogP contribution >= 0.6 is 0 Å². The lowest BCUT2D eigenvalue weighted by Crippen LogP contribution is -2.14. The van der Waals surface area contributed by atoms with Crippen LogP contribution in [0.4, 0.5) is 0 Å². The van der Waals surface area contributed by atoms with E-state index in [1.807, 2.05) is 24.3 Å². The molecule has 10 aromatic carbocycles. The number of aromatic nitrogens is 1. The van der Waals surface area contributed by atoms with Gasteiger partial charge in [-0.15, -0.1) is 0 Å². The molecule has 3 nitrogen and oxygen atoms in total. The summed E-state index contributed by atoms with van der Waals surface area (Å²) in [5.41, 5.74) is 17.6. The summed E-state index contributed by atoms with van der Waals surface area (Å²) < 4.78 is 14.9. The number of hydrogen-bond acceptors (Lipinski definition) is 2. The second kappa shape index (κ2) is 11.3. The van der Waals surface area contributed by atoms with Crippen molar-refractivity contribution in [1.29, 1.82) is 0 Å². The lowest BCUT2D eigenvalue weighted by atomic mass is 9.81. The standard InChI is InChI=1S/C59H35NO2/c1-59(2)48-12-6-3-11-42(48)56-49(59)31-46-43-27-38-23-32(34-19-21-54-44(25-34)40-9-4-7-13-52(40)61-54)15-17-36(38)29-50(43)60-51-30-37-18-16-33(24-39(37)28-47(51)57(56)58(46)60)35-20-22-55-45(26-35)41-10-5-8-14-53(41)62-55/h3-31H,1-2H3. The molecule has 4 aromatic heterocycles. The summed E-state index contributed by atoms with van der Waals surface area (Å²) in [7, 11) is 0. The smallest absolute Gasteiger partial charge is 0.135 e. The maximum atomic E-state index is 6.19. The van der Waals surface area contributed by atoms with Crippen molar-refractivity contribution in [1.82, 2.24) is 4.40 Å². The van der Waals surface area contributed by atoms with E-state index in [0.29, 0.717) is 0 Å². The summed E-state index contributed by atoms with van der Waals surface area (Å²) in [6.45, 7) is 4.80. The molecule has 0 N–H and O–H groups in total. The number of para-hydroxylation sites is 2. The van der Waals surface area contributed by atoms with Gasteiger partial charge in [0.25, 0.3) is 0 Å². The SMILES string of the molecule is CC1(C)c2ccccc2-c2c1cc1c3cc4cc(-c5ccc6oc7ccccc7c6c5)ccc4cc3n3c4cc5ccc(-c6ccc7oc8ccccc8c7c6)cc5cc4c2c13. The van der Waals surface area contributed by atoms with E-state index in [4.69, 9.17) is 8.83 Å². The van der Waals surface area contributed by atoms with Gasteiger partial charge in [0.05, 0.1) is 16.6 Å². The molecule has 0 aliphatic heterocycles. The molecule has 15 rings (SSSR count). The van der Waals surface area contributed by atoms with Crippen LogP contribution in [0.15, 0.2) is 185 Å². The molecule has 0 bridgehead atoms. The van der Waals surface area contributed by atoms with Crippen LogP contribution in [0.25, 0.3) is 137 Å². The molecule has 0 amide bonds. The molecule has 62 heavy (non-hydrogen) atoms. The second-order valence-corrected chi connectivity index (χ2v) is 18.1. The first-order valence-corrected chi connectivity index (χ1v) is 21.6. The lowest BCUT2D eigenvalue weighted by molar-refractivity contribution is 0.661. The van der Waals surface area contributed by atoms with Crippen molar-refractivity contribution in [3.8, 4) is 33.4 Å². The van der Waals surface area contributed by atoms with Gasteiger partial charge < -0.3 is 13.2 Å². The number of benzene rings is 10. The van der Waals surface area contributed by atoms with E-state index in [1.54, 1.807) is 0 Å². The third-order valence-electron chi connectivity index (χ3n) is 14.4. The molecule has 0 spiro atoms. The summed E-state index contributed by atoms with van der Waals surface area (Å²) >= 11 is 0. The Bertz CT molecular complexity index is 4300. The lowest BCUT2D eigenvalue weighted by Gasteiger charge is -2.21. The fraction of sp³-hybridized carbons (Fsp3) is 0.0508. The molecule has 1 aliphatic carbocycles. The maximum absolute atomic E-state index is 6.19. The Morgan fingerprint density at radius 1 is 0.371 bits per heavy atom. The van der Waals surface area contributed by atoms with Gasteiger partial charge in [0.1, 0.15) is 22.3 Å². The van der Waals surface area contributed by atoms with E-state index < -0.39 is 0 Å². The minimum atomic E-state index is -0.145. The highest BCUT2D eigenvalue weighted by atomic mass is 16.3. The Hall–Kier alpha value is -7.88. The normalized spacial score (nSPS) is 13.8. The zero-order valence-electron chi connectivity index (χ0n) is 34.0. The molecule has 0 radical (unpaired) electrons. The molecule has 0 atom stereocenters. The van der Waals surface area contributed by atoms with Crippen LogP contribution in [0.1, 0.15) is 25.0 Å². The highest BCUT2D eigenvalue weighted by molar-refractivity contribution is 6.30. The Balaban J connectivity index is 0.983. The summed E-state index contributed by atoms with van der Waals surface area (Å²) in [6, 6.07) is 65.1. The van der Waals surface area contributed by atoms with Crippen molar-refractivity contribution in [2.24, 2.45) is 0 Å². The second-order valence-electron chi connectivity index (χ2n) is 18.1. The molecule has 0 saturated heterocycles. The van der Waals surface area contributed by atoms with Crippen molar-refractivity contribution in [2.75, 3.05) is 0 Å². The average Bonchev–Trinajstić information content (AvgIpc) is 4.09. The van der Waals surface area contributed by atoms with E-state index in [0.717, 1.165) is 43.9 Å². The van der Waals surface area contributed by atoms with E-state index in [-0.39, 0.29) is 5.41 Å². The highest BCUT2D eigenvalue weighted by Crippen LogP contribution is 2.56. The van der Waals surface area contributed by atoms with Gasteiger partial charge in [-0.3, -0.25) is 0 Å². The Labute approximate surface area is 355 Å². The minimum Gasteiger partial charge on any atom is -0.456 e. The van der Waals surface area contributed by atoms with Crippen molar-refractivity contribution in [3.05, 3.63) is 187 Å². The largest absolute Gasteiger partial charge is 0.456 e. The van der Waals surface area contributed by atoms with Gasteiger partial charge in [0, 0.05) is 48.5 Å². The fourth-order valence-electron chi connectivity index (χ4n) is 11.4. The first-order chi connectivity index (χ1) is 30.4. The van der Waals surface area contributed by atoms with Crippen LogP contribution < -0.4 is 0 Å². The van der Waals surface area contributed by atoms with Crippen LogP contribution in [-0.4, -0.2) is 4.40 Å². The summed E-state index contributed by atoms with van der Waals surface area (Å²) in [5, 5.41) is 14.8. The number of rotatable bonds is 2. The number of fused-ring (bicyclic) bond motifs is 18. The minimum absolute atomic E-state index is 0.145. The monoisotopic (exact) mass is 789 g/mol. The predicted molar refractivity (Wildman–Crippen MR) is 259 cm³/mol. The third kappa shape index (κ3) is 4.15. The van der Waals surface area contributed by atoms with Gasteiger partial charge in [-0.1, -0.05) is 111 Å². The molecule has 3 heteroatoms. The van der Waals surface area contributed by atoms with Crippen molar-refractivity contribution < 1.29 is 8.83 Å². The number of nitrogens with zero attached hydrogens (tertiary/aromatic N) is 1. The molecular weight excluding hydrogens is 755 g/mol. The van der Waals surface area contributed by atoms with E-state index in [2.05, 4.69) is 170 Å². The molecule has 0 fully saturated rings. The quantitative estimate of drug-likeness (QED) is 0.175. The van der Waals surface area contributed by atoms with Gasteiger partial charge in [0.15, 0.2) is 0 Å². The van der Waals surface area contributed by atoms with Crippen molar-refractivity contribution in [2.45, 2.75) is 19.3 Å². The van der Waals surface area contributed by atoms with E-state index in [1.165, 1.54) is 104 Å². The van der Waals surface area contributed by atoms with Crippen LogP contribution in [-0.2, 0) is 5.41 Å². The van der Waals surface area contributed by atoms with Gasteiger partial charge >= 0.3 is 0 Å². The zero-order chi connectivity index (χ0) is 40.6. The first kappa shape index (κ1) is 32.9.